The van der Waals surface area contributed by atoms with Gasteiger partial charge in [0.15, 0.2) is 5.78 Å². The molecule has 0 aromatic heterocycles. The van der Waals surface area contributed by atoms with Crippen LogP contribution in [0.2, 0.25) is 0 Å². The molecular formula is C20H23NO4S. The van der Waals surface area contributed by atoms with Gasteiger partial charge in [0.1, 0.15) is 5.75 Å². The van der Waals surface area contributed by atoms with E-state index in [4.69, 9.17) is 4.74 Å². The Morgan fingerprint density at radius 2 is 1.73 bits per heavy atom. The number of carbonyl (C=O) groups excluding carboxylic acids is 1. The third-order valence-corrected chi connectivity index (χ3v) is 6.29. The molecule has 2 aromatic carbocycles. The summed E-state index contributed by atoms with van der Waals surface area (Å²) in [5.74, 6) is 0.476. The lowest BCUT2D eigenvalue weighted by Crippen LogP contribution is -2.40. The van der Waals surface area contributed by atoms with Crippen LogP contribution < -0.4 is 4.74 Å². The zero-order chi connectivity index (χ0) is 18.7. The zero-order valence-electron chi connectivity index (χ0n) is 15.0. The fourth-order valence-corrected chi connectivity index (χ4v) is 4.84. The second-order valence-electron chi connectivity index (χ2n) is 6.64. The normalized spacial score (nSPS) is 18.2. The zero-order valence-corrected chi connectivity index (χ0v) is 15.8. The van der Waals surface area contributed by atoms with Gasteiger partial charge in [0.25, 0.3) is 0 Å². The summed E-state index contributed by atoms with van der Waals surface area (Å²) in [4.78, 5) is 13.0. The molecular weight excluding hydrogens is 350 g/mol. The highest BCUT2D eigenvalue weighted by molar-refractivity contribution is 7.89. The Morgan fingerprint density at radius 3 is 2.35 bits per heavy atom. The van der Waals surface area contributed by atoms with E-state index in [9.17, 15) is 13.2 Å². The summed E-state index contributed by atoms with van der Waals surface area (Å²) < 4.78 is 33.0. The second kappa shape index (κ2) is 7.60. The largest absolute Gasteiger partial charge is 0.491 e. The van der Waals surface area contributed by atoms with Gasteiger partial charge in [-0.3, -0.25) is 4.79 Å². The van der Waals surface area contributed by atoms with Gasteiger partial charge in [0.05, 0.1) is 17.0 Å². The predicted molar refractivity (Wildman–Crippen MR) is 99.9 cm³/mol. The summed E-state index contributed by atoms with van der Waals surface area (Å²) in [6, 6.07) is 14.6. The number of nitrogens with zero attached hydrogens (tertiary/aromatic N) is 1. The first-order chi connectivity index (χ1) is 12.4. The molecule has 1 atom stereocenters. The first-order valence-electron chi connectivity index (χ1n) is 8.77. The summed E-state index contributed by atoms with van der Waals surface area (Å²) in [7, 11) is -3.73. The van der Waals surface area contributed by atoms with Crippen LogP contribution >= 0.6 is 0 Å². The van der Waals surface area contributed by atoms with Gasteiger partial charge in [-0.15, -0.1) is 0 Å². The van der Waals surface area contributed by atoms with Crippen molar-refractivity contribution in [3.05, 3.63) is 60.2 Å². The molecule has 1 unspecified atom stereocenters. The molecule has 2 aromatic rings. The van der Waals surface area contributed by atoms with Crippen LogP contribution in [0.15, 0.2) is 59.5 Å². The summed E-state index contributed by atoms with van der Waals surface area (Å²) in [5.41, 5.74) is 0.542. The van der Waals surface area contributed by atoms with Crippen molar-refractivity contribution in [1.29, 1.82) is 0 Å². The maximum atomic E-state index is 13.0. The highest BCUT2D eigenvalue weighted by Crippen LogP contribution is 2.29. The van der Waals surface area contributed by atoms with Crippen LogP contribution in [0.25, 0.3) is 0 Å². The average molecular weight is 373 g/mol. The SMILES string of the molecule is CC(C)Oc1ccc(S(=O)(=O)N2CCCC2C(=O)c2ccccc2)cc1. The Bertz CT molecular complexity index is 860. The van der Waals surface area contributed by atoms with E-state index < -0.39 is 16.1 Å². The molecule has 1 fully saturated rings. The van der Waals surface area contributed by atoms with Crippen LogP contribution in [0, 0.1) is 0 Å². The maximum absolute atomic E-state index is 13.0. The summed E-state index contributed by atoms with van der Waals surface area (Å²) in [6.45, 7) is 4.18. The van der Waals surface area contributed by atoms with Gasteiger partial charge in [-0.2, -0.15) is 4.31 Å². The molecule has 5 nitrogen and oxygen atoms in total. The van der Waals surface area contributed by atoms with Gasteiger partial charge in [-0.1, -0.05) is 30.3 Å². The van der Waals surface area contributed by atoms with Crippen LogP contribution in [0.1, 0.15) is 37.0 Å². The number of ketones is 1. The summed E-state index contributed by atoms with van der Waals surface area (Å²) in [6.07, 6.45) is 1.24. The van der Waals surface area contributed by atoms with E-state index in [1.165, 1.54) is 16.4 Å². The van der Waals surface area contributed by atoms with Crippen molar-refractivity contribution in [3.63, 3.8) is 0 Å². The van der Waals surface area contributed by atoms with E-state index in [-0.39, 0.29) is 16.8 Å². The van der Waals surface area contributed by atoms with E-state index >= 15 is 0 Å². The molecule has 1 saturated heterocycles. The molecule has 3 rings (SSSR count). The third kappa shape index (κ3) is 3.81. The highest BCUT2D eigenvalue weighted by atomic mass is 32.2. The fraction of sp³-hybridized carbons (Fsp3) is 0.350. The summed E-state index contributed by atoms with van der Waals surface area (Å²) >= 11 is 0. The number of hydrogen-bond donors (Lipinski definition) is 0. The monoisotopic (exact) mass is 373 g/mol. The van der Waals surface area contributed by atoms with Crippen LogP contribution in [0.3, 0.4) is 0 Å². The Morgan fingerprint density at radius 1 is 1.08 bits per heavy atom. The van der Waals surface area contributed by atoms with Crippen LogP contribution in [0.4, 0.5) is 0 Å². The van der Waals surface area contributed by atoms with Crippen LogP contribution in [-0.4, -0.2) is 37.2 Å². The number of benzene rings is 2. The lowest BCUT2D eigenvalue weighted by molar-refractivity contribution is 0.0918. The minimum atomic E-state index is -3.73. The fourth-order valence-electron chi connectivity index (χ4n) is 3.18. The minimum absolute atomic E-state index is 0.0175. The lowest BCUT2D eigenvalue weighted by Gasteiger charge is -2.23. The molecule has 138 valence electrons. The first kappa shape index (κ1) is 18.6. The van der Waals surface area contributed by atoms with E-state index in [1.54, 1.807) is 36.4 Å². The molecule has 1 aliphatic rings. The van der Waals surface area contributed by atoms with Gasteiger partial charge < -0.3 is 4.74 Å². The highest BCUT2D eigenvalue weighted by Gasteiger charge is 2.39. The molecule has 6 heteroatoms. The van der Waals surface area contributed by atoms with Crippen molar-refractivity contribution >= 4 is 15.8 Å². The average Bonchev–Trinajstić information content (AvgIpc) is 3.12. The van der Waals surface area contributed by atoms with Gasteiger partial charge in [-0.05, 0) is 51.0 Å². The van der Waals surface area contributed by atoms with E-state index in [1.807, 2.05) is 19.9 Å². The topological polar surface area (TPSA) is 63.7 Å². The minimum Gasteiger partial charge on any atom is -0.491 e. The molecule has 0 N–H and O–H groups in total. The van der Waals surface area contributed by atoms with Crippen molar-refractivity contribution in [2.24, 2.45) is 0 Å². The van der Waals surface area contributed by atoms with Gasteiger partial charge in [0.2, 0.25) is 10.0 Å². The number of ether oxygens (including phenoxy) is 1. The molecule has 0 saturated carbocycles. The van der Waals surface area contributed by atoms with Crippen LogP contribution in [-0.2, 0) is 10.0 Å². The molecule has 26 heavy (non-hydrogen) atoms. The molecule has 0 radical (unpaired) electrons. The lowest BCUT2D eigenvalue weighted by atomic mass is 10.0. The quantitative estimate of drug-likeness (QED) is 0.727. The molecule has 1 heterocycles. The third-order valence-electron chi connectivity index (χ3n) is 4.37. The number of carbonyl (C=O) groups is 1. The number of sulfonamides is 1. The Balaban J connectivity index is 1.85. The van der Waals surface area contributed by atoms with Crippen molar-refractivity contribution in [3.8, 4) is 5.75 Å². The smallest absolute Gasteiger partial charge is 0.243 e. The number of hydrogen-bond acceptors (Lipinski definition) is 4. The van der Waals surface area contributed by atoms with E-state index in [2.05, 4.69) is 0 Å². The summed E-state index contributed by atoms with van der Waals surface area (Å²) in [5, 5.41) is 0. The van der Waals surface area contributed by atoms with Crippen molar-refractivity contribution in [1.82, 2.24) is 4.31 Å². The predicted octanol–water partition coefficient (Wildman–Crippen LogP) is 3.51. The molecule has 0 spiro atoms. The van der Waals surface area contributed by atoms with Gasteiger partial charge in [0, 0.05) is 12.1 Å². The Kier molecular flexibility index (Phi) is 5.44. The molecule has 0 amide bonds. The Hall–Kier alpha value is -2.18. The van der Waals surface area contributed by atoms with Crippen LogP contribution in [0.5, 0.6) is 5.75 Å². The number of Topliss-reactive ketones (excluding diaryl/α,β-unsaturated/α-hetero) is 1. The van der Waals surface area contributed by atoms with Crippen molar-refractivity contribution in [2.45, 2.75) is 43.7 Å². The molecule has 1 aliphatic heterocycles. The van der Waals surface area contributed by atoms with E-state index in [0.717, 1.165) is 0 Å². The standard InChI is InChI=1S/C20H23NO4S/c1-15(2)25-17-10-12-18(13-11-17)26(23,24)21-14-6-9-19(21)20(22)16-7-4-3-5-8-16/h3-5,7-8,10-13,15,19H,6,9,14H2,1-2H3. The Labute approximate surface area is 154 Å². The first-order valence-corrected chi connectivity index (χ1v) is 10.2. The van der Waals surface area contributed by atoms with Gasteiger partial charge >= 0.3 is 0 Å². The van der Waals surface area contributed by atoms with Gasteiger partial charge in [-0.25, -0.2) is 8.42 Å². The second-order valence-corrected chi connectivity index (χ2v) is 8.53. The number of rotatable bonds is 6. The maximum Gasteiger partial charge on any atom is 0.243 e. The van der Waals surface area contributed by atoms with Crippen molar-refractivity contribution < 1.29 is 17.9 Å². The van der Waals surface area contributed by atoms with Crippen molar-refractivity contribution in [2.75, 3.05) is 6.54 Å². The van der Waals surface area contributed by atoms with E-state index in [0.29, 0.717) is 30.7 Å². The molecule has 0 aliphatic carbocycles. The molecule has 0 bridgehead atoms.